The first kappa shape index (κ1) is 12.8. The minimum atomic E-state index is 0.436. The third kappa shape index (κ3) is 2.03. The molecule has 4 nitrogen and oxygen atoms in total. The summed E-state index contributed by atoms with van der Waals surface area (Å²) in [5.41, 5.74) is 2.36. The van der Waals surface area contributed by atoms with Gasteiger partial charge in [-0.3, -0.25) is 0 Å². The summed E-state index contributed by atoms with van der Waals surface area (Å²) < 4.78 is 2.43. The predicted octanol–water partition coefficient (Wildman–Crippen LogP) is 3.68. The summed E-state index contributed by atoms with van der Waals surface area (Å²) >= 11 is 1.71. The summed E-state index contributed by atoms with van der Waals surface area (Å²) in [5.74, 6) is 1.63. The molecule has 0 saturated carbocycles. The molecule has 108 valence electrons. The van der Waals surface area contributed by atoms with Gasteiger partial charge in [-0.2, -0.15) is 0 Å². The first-order valence-electron chi connectivity index (χ1n) is 7.35. The van der Waals surface area contributed by atoms with E-state index in [1.807, 2.05) is 11.6 Å². The van der Waals surface area contributed by atoms with Crippen LogP contribution in [0.1, 0.15) is 31.6 Å². The van der Waals surface area contributed by atoms with E-state index in [0.29, 0.717) is 12.0 Å². The Bertz CT molecular complexity index is 754. The van der Waals surface area contributed by atoms with Gasteiger partial charge in [-0.15, -0.1) is 11.3 Å². The maximum absolute atomic E-state index is 4.83. The van der Waals surface area contributed by atoms with Gasteiger partial charge in [-0.25, -0.2) is 9.97 Å². The number of imidazole rings is 1. The van der Waals surface area contributed by atoms with Gasteiger partial charge >= 0.3 is 0 Å². The van der Waals surface area contributed by atoms with Crippen molar-refractivity contribution in [1.29, 1.82) is 0 Å². The minimum Gasteiger partial charge on any atom is -0.344 e. The normalized spacial score (nSPS) is 15.9. The number of hydrogen-bond acceptors (Lipinski definition) is 4. The number of para-hydroxylation sites is 2. The molecule has 0 amide bonds. The SMILES string of the molecule is CC(C)c1nc2ccccc2n1C1CN(c2nccs2)C1. The van der Waals surface area contributed by atoms with Crippen LogP contribution in [0.3, 0.4) is 0 Å². The second-order valence-electron chi connectivity index (χ2n) is 5.86. The molecule has 0 bridgehead atoms. The summed E-state index contributed by atoms with van der Waals surface area (Å²) in [6.45, 7) is 6.48. The Morgan fingerprint density at radius 1 is 1.24 bits per heavy atom. The van der Waals surface area contributed by atoms with E-state index in [9.17, 15) is 0 Å². The average Bonchev–Trinajstić information content (AvgIpc) is 3.05. The number of hydrogen-bond donors (Lipinski definition) is 0. The number of nitrogens with zero attached hydrogens (tertiary/aromatic N) is 4. The van der Waals surface area contributed by atoms with Crippen LogP contribution < -0.4 is 4.90 Å². The van der Waals surface area contributed by atoms with Crippen LogP contribution in [0.25, 0.3) is 11.0 Å². The fourth-order valence-corrected chi connectivity index (χ4v) is 3.66. The molecule has 0 N–H and O–H groups in total. The zero-order valence-electron chi connectivity index (χ0n) is 12.2. The smallest absolute Gasteiger partial charge is 0.185 e. The topological polar surface area (TPSA) is 34.0 Å². The standard InChI is InChI=1S/C16H18N4S/c1-11(2)15-18-13-5-3-4-6-14(13)20(15)12-9-19(10-12)16-17-7-8-21-16/h3-8,11-12H,9-10H2,1-2H3. The largest absolute Gasteiger partial charge is 0.344 e. The zero-order chi connectivity index (χ0) is 14.4. The molecule has 1 aromatic carbocycles. The van der Waals surface area contributed by atoms with Gasteiger partial charge < -0.3 is 9.47 Å². The van der Waals surface area contributed by atoms with Gasteiger partial charge in [-0.05, 0) is 12.1 Å². The van der Waals surface area contributed by atoms with E-state index in [1.54, 1.807) is 11.3 Å². The lowest BCUT2D eigenvalue weighted by molar-refractivity contribution is 0.393. The molecule has 2 aromatic heterocycles. The third-order valence-electron chi connectivity index (χ3n) is 4.06. The molecule has 1 aliphatic heterocycles. The predicted molar refractivity (Wildman–Crippen MR) is 87.2 cm³/mol. The fourth-order valence-electron chi connectivity index (χ4n) is 3.00. The second kappa shape index (κ2) is 4.84. The molecule has 3 aromatic rings. The number of rotatable bonds is 3. The number of fused-ring (bicyclic) bond motifs is 1. The average molecular weight is 298 g/mol. The van der Waals surface area contributed by atoms with Gasteiger partial charge in [0.25, 0.3) is 0 Å². The number of thiazole rings is 1. The Morgan fingerprint density at radius 2 is 2.05 bits per heavy atom. The molecule has 4 rings (SSSR count). The summed E-state index contributed by atoms with van der Waals surface area (Å²) in [6, 6.07) is 8.95. The van der Waals surface area contributed by atoms with Crippen molar-refractivity contribution >= 4 is 27.5 Å². The van der Waals surface area contributed by atoms with Crippen LogP contribution in [0.15, 0.2) is 35.8 Å². The van der Waals surface area contributed by atoms with Gasteiger partial charge in [0.2, 0.25) is 0 Å². The van der Waals surface area contributed by atoms with Gasteiger partial charge in [0, 0.05) is 30.6 Å². The molecular formula is C16H18N4S. The Labute approximate surface area is 128 Å². The van der Waals surface area contributed by atoms with Crippen LogP contribution in [0.2, 0.25) is 0 Å². The van der Waals surface area contributed by atoms with E-state index in [4.69, 9.17) is 4.98 Å². The van der Waals surface area contributed by atoms with Crippen LogP contribution >= 0.6 is 11.3 Å². The number of aromatic nitrogens is 3. The lowest BCUT2D eigenvalue weighted by Crippen LogP contribution is -2.48. The minimum absolute atomic E-state index is 0.436. The van der Waals surface area contributed by atoms with Crippen LogP contribution in [0.5, 0.6) is 0 Å². The molecule has 0 radical (unpaired) electrons. The van der Waals surface area contributed by atoms with Crippen molar-refractivity contribution in [3.8, 4) is 0 Å². The summed E-state index contributed by atoms with van der Waals surface area (Å²) in [4.78, 5) is 11.6. The molecule has 0 spiro atoms. The molecule has 1 aliphatic rings. The Balaban J connectivity index is 1.69. The van der Waals surface area contributed by atoms with Crippen molar-refractivity contribution in [2.45, 2.75) is 25.8 Å². The molecule has 0 unspecified atom stereocenters. The maximum atomic E-state index is 4.83. The van der Waals surface area contributed by atoms with Crippen molar-refractivity contribution in [1.82, 2.24) is 14.5 Å². The quantitative estimate of drug-likeness (QED) is 0.739. The Kier molecular flexibility index (Phi) is 2.96. The van der Waals surface area contributed by atoms with Crippen molar-refractivity contribution in [2.24, 2.45) is 0 Å². The Morgan fingerprint density at radius 3 is 2.76 bits per heavy atom. The van der Waals surface area contributed by atoms with E-state index >= 15 is 0 Å². The molecule has 0 aliphatic carbocycles. The number of benzene rings is 1. The van der Waals surface area contributed by atoms with Crippen LogP contribution in [0.4, 0.5) is 5.13 Å². The Hall–Kier alpha value is -1.88. The molecule has 3 heterocycles. The highest BCUT2D eigenvalue weighted by Crippen LogP contribution is 2.34. The second-order valence-corrected chi connectivity index (χ2v) is 6.73. The fraction of sp³-hybridized carbons (Fsp3) is 0.375. The summed E-state index contributed by atoms with van der Waals surface area (Å²) in [5, 5.41) is 3.16. The molecule has 1 fully saturated rings. The van der Waals surface area contributed by atoms with Gasteiger partial charge in [-0.1, -0.05) is 26.0 Å². The lowest BCUT2D eigenvalue weighted by Gasteiger charge is -2.41. The monoisotopic (exact) mass is 298 g/mol. The highest BCUT2D eigenvalue weighted by atomic mass is 32.1. The van der Waals surface area contributed by atoms with Crippen molar-refractivity contribution in [3.05, 3.63) is 41.7 Å². The summed E-state index contributed by atoms with van der Waals surface area (Å²) in [7, 11) is 0. The highest BCUT2D eigenvalue weighted by molar-refractivity contribution is 7.13. The molecule has 1 saturated heterocycles. The van der Waals surface area contributed by atoms with Gasteiger partial charge in [0.05, 0.1) is 17.1 Å². The van der Waals surface area contributed by atoms with E-state index < -0.39 is 0 Å². The first-order valence-corrected chi connectivity index (χ1v) is 8.23. The van der Waals surface area contributed by atoms with Crippen LogP contribution in [-0.2, 0) is 0 Å². The lowest BCUT2D eigenvalue weighted by atomic mass is 10.1. The van der Waals surface area contributed by atoms with Gasteiger partial charge in [0.1, 0.15) is 5.82 Å². The number of anilines is 1. The maximum Gasteiger partial charge on any atom is 0.185 e. The van der Waals surface area contributed by atoms with E-state index in [0.717, 1.165) is 23.7 Å². The van der Waals surface area contributed by atoms with Gasteiger partial charge in [0.15, 0.2) is 5.13 Å². The first-order chi connectivity index (χ1) is 10.2. The highest BCUT2D eigenvalue weighted by Gasteiger charge is 2.32. The van der Waals surface area contributed by atoms with E-state index in [1.165, 1.54) is 11.3 Å². The van der Waals surface area contributed by atoms with Crippen molar-refractivity contribution in [3.63, 3.8) is 0 Å². The molecule has 0 atom stereocenters. The molecule has 21 heavy (non-hydrogen) atoms. The van der Waals surface area contributed by atoms with Crippen LogP contribution in [-0.4, -0.2) is 27.6 Å². The van der Waals surface area contributed by atoms with Crippen LogP contribution in [0, 0.1) is 0 Å². The van der Waals surface area contributed by atoms with Crippen molar-refractivity contribution < 1.29 is 0 Å². The summed E-state index contributed by atoms with van der Waals surface area (Å²) in [6.07, 6.45) is 1.87. The molecule has 5 heteroatoms. The van der Waals surface area contributed by atoms with Crippen molar-refractivity contribution in [2.75, 3.05) is 18.0 Å². The van der Waals surface area contributed by atoms with E-state index in [-0.39, 0.29) is 0 Å². The zero-order valence-corrected chi connectivity index (χ0v) is 13.0. The molecular weight excluding hydrogens is 280 g/mol. The third-order valence-corrected chi connectivity index (χ3v) is 4.89. The van der Waals surface area contributed by atoms with E-state index in [2.05, 4.69) is 52.6 Å².